The van der Waals surface area contributed by atoms with Crippen LogP contribution in [0.15, 0.2) is 24.3 Å². The smallest absolute Gasteiger partial charge is 0.254 e. The largest absolute Gasteiger partial charge is 0.497 e. The van der Waals surface area contributed by atoms with Crippen LogP contribution in [0.3, 0.4) is 0 Å². The summed E-state index contributed by atoms with van der Waals surface area (Å²) in [6.45, 7) is 6.13. The van der Waals surface area contributed by atoms with Gasteiger partial charge in [-0.1, -0.05) is 6.07 Å². The van der Waals surface area contributed by atoms with Gasteiger partial charge in [0.2, 0.25) is 0 Å². The highest BCUT2D eigenvalue weighted by Gasteiger charge is 2.22. The van der Waals surface area contributed by atoms with Gasteiger partial charge in [0.1, 0.15) is 5.75 Å². The van der Waals surface area contributed by atoms with Crippen molar-refractivity contribution in [1.82, 2.24) is 4.90 Å². The van der Waals surface area contributed by atoms with E-state index in [9.17, 15) is 9.90 Å². The number of nitrogens with zero attached hydrogens (tertiary/aromatic N) is 1. The Balaban J connectivity index is 2.89. The van der Waals surface area contributed by atoms with Crippen LogP contribution in [0.25, 0.3) is 0 Å². The molecule has 0 bridgehead atoms. The minimum Gasteiger partial charge on any atom is -0.497 e. The minimum absolute atomic E-state index is 0.0986. The number of amides is 1. The Hall–Kier alpha value is -1.55. The molecular formula is C14H21NO3. The summed E-state index contributed by atoms with van der Waals surface area (Å²) in [6.07, 6.45) is 0. The van der Waals surface area contributed by atoms with Gasteiger partial charge in [-0.3, -0.25) is 4.79 Å². The molecule has 1 aromatic carbocycles. The van der Waals surface area contributed by atoms with Gasteiger partial charge in [-0.05, 0) is 39.0 Å². The Morgan fingerprint density at radius 1 is 1.44 bits per heavy atom. The molecule has 0 aromatic heterocycles. The van der Waals surface area contributed by atoms with E-state index in [1.807, 2.05) is 6.92 Å². The Kier molecular flexibility index (Phi) is 4.73. The number of likely N-dealkylation sites (N-methyl/N-ethyl adjacent to an activating group) is 1. The first kappa shape index (κ1) is 14.5. The summed E-state index contributed by atoms with van der Waals surface area (Å²) in [6, 6.07) is 7.03. The average molecular weight is 251 g/mol. The second-order valence-corrected chi connectivity index (χ2v) is 4.86. The predicted octanol–water partition coefficient (Wildman–Crippen LogP) is 1.93. The minimum atomic E-state index is -0.898. The molecule has 1 amide bonds. The maximum absolute atomic E-state index is 12.3. The van der Waals surface area contributed by atoms with Crippen LogP contribution in [0.2, 0.25) is 0 Å². The first-order valence-electron chi connectivity index (χ1n) is 6.03. The molecule has 0 fully saturated rings. The Morgan fingerprint density at radius 2 is 2.11 bits per heavy atom. The molecule has 0 unspecified atom stereocenters. The summed E-state index contributed by atoms with van der Waals surface area (Å²) in [7, 11) is 1.57. The van der Waals surface area contributed by atoms with E-state index in [0.717, 1.165) is 0 Å². The molecule has 0 aliphatic carbocycles. The van der Waals surface area contributed by atoms with E-state index >= 15 is 0 Å². The zero-order valence-corrected chi connectivity index (χ0v) is 11.4. The average Bonchev–Trinajstić information content (AvgIpc) is 2.34. The lowest BCUT2D eigenvalue weighted by Gasteiger charge is -2.28. The number of hydrogen-bond acceptors (Lipinski definition) is 3. The molecule has 4 heteroatoms. The topological polar surface area (TPSA) is 49.8 Å². The van der Waals surface area contributed by atoms with Crippen molar-refractivity contribution in [2.24, 2.45) is 0 Å². The highest BCUT2D eigenvalue weighted by Crippen LogP contribution is 2.15. The first-order chi connectivity index (χ1) is 8.37. The number of carbonyl (C=O) groups is 1. The molecule has 4 nitrogen and oxygen atoms in total. The van der Waals surface area contributed by atoms with Crippen molar-refractivity contribution in [3.63, 3.8) is 0 Å². The van der Waals surface area contributed by atoms with E-state index in [1.54, 1.807) is 50.1 Å². The van der Waals surface area contributed by atoms with Crippen LogP contribution in [0.1, 0.15) is 31.1 Å². The molecule has 0 atom stereocenters. The maximum Gasteiger partial charge on any atom is 0.254 e. The van der Waals surface area contributed by atoms with Crippen LogP contribution in [0, 0.1) is 0 Å². The highest BCUT2D eigenvalue weighted by molar-refractivity contribution is 5.94. The van der Waals surface area contributed by atoms with E-state index in [4.69, 9.17) is 4.74 Å². The fourth-order valence-electron chi connectivity index (χ4n) is 1.73. The van der Waals surface area contributed by atoms with Crippen molar-refractivity contribution in [2.45, 2.75) is 26.4 Å². The van der Waals surface area contributed by atoms with Crippen molar-refractivity contribution < 1.29 is 14.6 Å². The van der Waals surface area contributed by atoms with Gasteiger partial charge in [0.15, 0.2) is 0 Å². The molecule has 1 rings (SSSR count). The summed E-state index contributed by atoms with van der Waals surface area (Å²) >= 11 is 0. The molecule has 0 heterocycles. The van der Waals surface area contributed by atoms with Crippen LogP contribution in [-0.2, 0) is 0 Å². The van der Waals surface area contributed by atoms with Crippen molar-refractivity contribution in [1.29, 1.82) is 0 Å². The first-order valence-corrected chi connectivity index (χ1v) is 6.03. The predicted molar refractivity (Wildman–Crippen MR) is 70.9 cm³/mol. The van der Waals surface area contributed by atoms with Gasteiger partial charge in [0.05, 0.1) is 12.7 Å². The molecule has 0 saturated heterocycles. The second-order valence-electron chi connectivity index (χ2n) is 4.86. The maximum atomic E-state index is 12.3. The molecule has 0 saturated carbocycles. The lowest BCUT2D eigenvalue weighted by Crippen LogP contribution is -2.42. The number of ether oxygens (including phenoxy) is 1. The number of aliphatic hydroxyl groups is 1. The number of benzene rings is 1. The number of hydrogen-bond donors (Lipinski definition) is 1. The SMILES string of the molecule is CCN(CC(C)(C)O)C(=O)c1cccc(OC)c1. The normalized spacial score (nSPS) is 11.2. The zero-order valence-electron chi connectivity index (χ0n) is 11.4. The van der Waals surface area contributed by atoms with Crippen LogP contribution in [-0.4, -0.2) is 41.7 Å². The molecule has 1 aromatic rings. The van der Waals surface area contributed by atoms with Crippen molar-refractivity contribution in [3.8, 4) is 5.75 Å². The summed E-state index contributed by atoms with van der Waals surface area (Å²) in [5, 5.41) is 9.80. The third-order valence-corrected chi connectivity index (χ3v) is 2.56. The third-order valence-electron chi connectivity index (χ3n) is 2.56. The van der Waals surface area contributed by atoms with Crippen LogP contribution < -0.4 is 4.74 Å². The van der Waals surface area contributed by atoms with Crippen LogP contribution in [0.5, 0.6) is 5.75 Å². The van der Waals surface area contributed by atoms with Gasteiger partial charge in [-0.25, -0.2) is 0 Å². The quantitative estimate of drug-likeness (QED) is 0.870. The van der Waals surface area contributed by atoms with E-state index in [1.165, 1.54) is 0 Å². The van der Waals surface area contributed by atoms with Gasteiger partial charge in [0.25, 0.3) is 5.91 Å². The summed E-state index contributed by atoms with van der Waals surface area (Å²) < 4.78 is 5.10. The number of methoxy groups -OCH3 is 1. The zero-order chi connectivity index (χ0) is 13.8. The van der Waals surface area contributed by atoms with Gasteiger partial charge in [0, 0.05) is 18.7 Å². The van der Waals surface area contributed by atoms with Gasteiger partial charge >= 0.3 is 0 Å². The molecule has 0 radical (unpaired) electrons. The van der Waals surface area contributed by atoms with Gasteiger partial charge in [-0.15, -0.1) is 0 Å². The number of carbonyl (C=O) groups excluding carboxylic acids is 1. The highest BCUT2D eigenvalue weighted by atomic mass is 16.5. The Bertz CT molecular complexity index is 410. The van der Waals surface area contributed by atoms with Crippen molar-refractivity contribution in [2.75, 3.05) is 20.2 Å². The third kappa shape index (κ3) is 4.04. The molecule has 0 spiro atoms. The number of rotatable bonds is 5. The summed E-state index contributed by atoms with van der Waals surface area (Å²) in [5.74, 6) is 0.554. The van der Waals surface area contributed by atoms with E-state index in [-0.39, 0.29) is 5.91 Å². The molecular weight excluding hydrogens is 230 g/mol. The van der Waals surface area contributed by atoms with E-state index in [0.29, 0.717) is 24.4 Å². The molecule has 0 aliphatic heterocycles. The lowest BCUT2D eigenvalue weighted by atomic mass is 10.1. The van der Waals surface area contributed by atoms with E-state index < -0.39 is 5.60 Å². The fourth-order valence-corrected chi connectivity index (χ4v) is 1.73. The van der Waals surface area contributed by atoms with Crippen LogP contribution in [0.4, 0.5) is 0 Å². The fraction of sp³-hybridized carbons (Fsp3) is 0.500. The second kappa shape index (κ2) is 5.87. The molecule has 18 heavy (non-hydrogen) atoms. The standard InChI is InChI=1S/C14H21NO3/c1-5-15(10-14(2,3)17)13(16)11-7-6-8-12(9-11)18-4/h6-9,17H,5,10H2,1-4H3. The molecule has 100 valence electrons. The molecule has 1 N–H and O–H groups in total. The Morgan fingerprint density at radius 3 is 2.61 bits per heavy atom. The summed E-state index contributed by atoms with van der Waals surface area (Å²) in [5.41, 5.74) is -0.328. The summed E-state index contributed by atoms with van der Waals surface area (Å²) in [4.78, 5) is 13.9. The Labute approximate surface area is 108 Å². The van der Waals surface area contributed by atoms with Crippen molar-refractivity contribution in [3.05, 3.63) is 29.8 Å². The monoisotopic (exact) mass is 251 g/mol. The lowest BCUT2D eigenvalue weighted by molar-refractivity contribution is 0.0314. The van der Waals surface area contributed by atoms with Crippen molar-refractivity contribution >= 4 is 5.91 Å². The van der Waals surface area contributed by atoms with E-state index in [2.05, 4.69) is 0 Å². The molecule has 0 aliphatic rings. The van der Waals surface area contributed by atoms with Gasteiger partial charge < -0.3 is 14.7 Å². The van der Waals surface area contributed by atoms with Crippen LogP contribution >= 0.6 is 0 Å². The van der Waals surface area contributed by atoms with Gasteiger partial charge in [-0.2, -0.15) is 0 Å².